The molecule has 8 nitrogen and oxygen atoms in total. The average Bonchev–Trinajstić information content (AvgIpc) is 2.36. The van der Waals surface area contributed by atoms with Gasteiger partial charge in [-0.1, -0.05) is 0 Å². The van der Waals surface area contributed by atoms with Crippen LogP contribution in [0.25, 0.3) is 0 Å². The van der Waals surface area contributed by atoms with Crippen molar-refractivity contribution in [1.82, 2.24) is 15.3 Å². The van der Waals surface area contributed by atoms with Gasteiger partial charge < -0.3 is 15.4 Å². The Balaban J connectivity index is 2.36. The minimum Gasteiger partial charge on any atom is -0.473 e. The molecular formula is C12H17N5O3. The zero-order valence-corrected chi connectivity index (χ0v) is 11.6. The molecule has 1 aliphatic rings. The summed E-state index contributed by atoms with van der Waals surface area (Å²) in [5.41, 5.74) is 6.20. The van der Waals surface area contributed by atoms with Crippen LogP contribution >= 0.6 is 0 Å². The van der Waals surface area contributed by atoms with Crippen molar-refractivity contribution in [2.45, 2.75) is 32.9 Å². The molecule has 0 saturated carbocycles. The van der Waals surface area contributed by atoms with Gasteiger partial charge in [0.25, 0.3) is 0 Å². The Bertz CT molecular complexity index is 546. The van der Waals surface area contributed by atoms with Crippen molar-refractivity contribution < 1.29 is 14.3 Å². The third-order valence-electron chi connectivity index (χ3n) is 2.87. The van der Waals surface area contributed by atoms with E-state index < -0.39 is 11.9 Å². The molecule has 1 aliphatic heterocycles. The Morgan fingerprint density at radius 3 is 2.80 bits per heavy atom. The van der Waals surface area contributed by atoms with Crippen LogP contribution in [-0.4, -0.2) is 40.5 Å². The summed E-state index contributed by atoms with van der Waals surface area (Å²) in [6.45, 7) is 5.38. The van der Waals surface area contributed by atoms with Crippen molar-refractivity contribution in [2.24, 2.45) is 0 Å². The van der Waals surface area contributed by atoms with Crippen molar-refractivity contribution >= 4 is 23.3 Å². The predicted molar refractivity (Wildman–Crippen MR) is 72.2 cm³/mol. The minimum absolute atomic E-state index is 0.00917. The van der Waals surface area contributed by atoms with Gasteiger partial charge in [0.05, 0.1) is 12.6 Å². The van der Waals surface area contributed by atoms with Gasteiger partial charge in [-0.05, 0) is 20.8 Å². The van der Waals surface area contributed by atoms with E-state index in [0.29, 0.717) is 5.82 Å². The molecule has 108 valence electrons. The van der Waals surface area contributed by atoms with Gasteiger partial charge in [-0.3, -0.25) is 14.9 Å². The summed E-state index contributed by atoms with van der Waals surface area (Å²) in [6, 6.07) is -0.545. The standard InChI is InChI=1S/C12H17N5O3/c1-6(2)20-12-9(13)10(14-5-15-12)17-4-8(18)16-11(19)7(17)3/h5-7H,4,13H2,1-3H3,(H,16,18,19). The smallest absolute Gasteiger partial charge is 0.249 e. The van der Waals surface area contributed by atoms with Crippen molar-refractivity contribution in [2.75, 3.05) is 17.2 Å². The molecule has 0 aliphatic carbocycles. The summed E-state index contributed by atoms with van der Waals surface area (Å²) in [5, 5.41) is 2.26. The van der Waals surface area contributed by atoms with Crippen LogP contribution in [0.2, 0.25) is 0 Å². The van der Waals surface area contributed by atoms with E-state index in [1.54, 1.807) is 6.92 Å². The molecule has 2 heterocycles. The monoisotopic (exact) mass is 279 g/mol. The van der Waals surface area contributed by atoms with Crippen molar-refractivity contribution in [1.29, 1.82) is 0 Å². The Labute approximate surface area is 116 Å². The Hall–Kier alpha value is -2.38. The first-order valence-corrected chi connectivity index (χ1v) is 6.27. The van der Waals surface area contributed by atoms with E-state index in [-0.39, 0.29) is 30.1 Å². The summed E-state index contributed by atoms with van der Waals surface area (Å²) in [7, 11) is 0. The second kappa shape index (κ2) is 5.32. The summed E-state index contributed by atoms with van der Waals surface area (Å²) in [5.74, 6) is -0.204. The number of imide groups is 1. The summed E-state index contributed by atoms with van der Waals surface area (Å²) >= 11 is 0. The number of hydrogen-bond acceptors (Lipinski definition) is 7. The average molecular weight is 279 g/mol. The first-order chi connectivity index (χ1) is 9.40. The van der Waals surface area contributed by atoms with Gasteiger partial charge in [-0.15, -0.1) is 0 Å². The molecule has 1 aromatic heterocycles. The van der Waals surface area contributed by atoms with E-state index in [1.165, 1.54) is 11.2 Å². The molecule has 1 fully saturated rings. The van der Waals surface area contributed by atoms with Crippen molar-refractivity contribution in [3.8, 4) is 5.88 Å². The normalized spacial score (nSPS) is 19.2. The number of ether oxygens (including phenoxy) is 1. The largest absolute Gasteiger partial charge is 0.473 e. The lowest BCUT2D eigenvalue weighted by Crippen LogP contribution is -2.57. The van der Waals surface area contributed by atoms with Crippen LogP contribution in [0.5, 0.6) is 5.88 Å². The second-order valence-corrected chi connectivity index (χ2v) is 4.80. The van der Waals surface area contributed by atoms with Crippen molar-refractivity contribution in [3.05, 3.63) is 6.33 Å². The Kier molecular flexibility index (Phi) is 3.73. The van der Waals surface area contributed by atoms with Crippen LogP contribution in [0.4, 0.5) is 11.5 Å². The Morgan fingerprint density at radius 1 is 1.45 bits per heavy atom. The molecule has 0 radical (unpaired) electrons. The molecule has 8 heteroatoms. The number of nitrogens with one attached hydrogen (secondary N) is 1. The van der Waals surface area contributed by atoms with E-state index in [1.807, 2.05) is 13.8 Å². The molecule has 0 bridgehead atoms. The highest BCUT2D eigenvalue weighted by Gasteiger charge is 2.33. The fourth-order valence-electron chi connectivity index (χ4n) is 1.89. The number of nitrogens with two attached hydrogens (primary N) is 1. The van der Waals surface area contributed by atoms with E-state index in [9.17, 15) is 9.59 Å². The number of anilines is 2. The Morgan fingerprint density at radius 2 is 2.15 bits per heavy atom. The number of rotatable bonds is 3. The highest BCUT2D eigenvalue weighted by molar-refractivity contribution is 6.04. The van der Waals surface area contributed by atoms with E-state index in [0.717, 1.165) is 0 Å². The zero-order chi connectivity index (χ0) is 14.9. The molecule has 2 rings (SSSR count). The van der Waals surface area contributed by atoms with Gasteiger partial charge >= 0.3 is 0 Å². The maximum Gasteiger partial charge on any atom is 0.249 e. The van der Waals surface area contributed by atoms with E-state index in [4.69, 9.17) is 10.5 Å². The molecule has 1 atom stereocenters. The highest BCUT2D eigenvalue weighted by atomic mass is 16.5. The van der Waals surface area contributed by atoms with Crippen molar-refractivity contribution in [3.63, 3.8) is 0 Å². The number of nitrogen functional groups attached to an aromatic ring is 1. The molecule has 3 N–H and O–H groups in total. The van der Waals surface area contributed by atoms with Crippen LogP contribution in [0.3, 0.4) is 0 Å². The van der Waals surface area contributed by atoms with Crippen LogP contribution in [0.1, 0.15) is 20.8 Å². The predicted octanol–water partition coefficient (Wildman–Crippen LogP) is -0.303. The lowest BCUT2D eigenvalue weighted by Gasteiger charge is -2.33. The molecule has 0 aromatic carbocycles. The quantitative estimate of drug-likeness (QED) is 0.730. The van der Waals surface area contributed by atoms with E-state index in [2.05, 4.69) is 15.3 Å². The lowest BCUT2D eigenvalue weighted by atomic mass is 10.2. The van der Waals surface area contributed by atoms with Gasteiger partial charge in [0.1, 0.15) is 18.1 Å². The van der Waals surface area contributed by atoms with Gasteiger partial charge in [0, 0.05) is 0 Å². The number of aromatic nitrogens is 2. The number of carbonyl (C=O) groups excluding carboxylic acids is 2. The number of piperazine rings is 1. The molecular weight excluding hydrogens is 262 g/mol. The number of hydrogen-bond donors (Lipinski definition) is 2. The summed E-state index contributed by atoms with van der Waals surface area (Å²) in [6.07, 6.45) is 1.20. The summed E-state index contributed by atoms with van der Waals surface area (Å²) in [4.78, 5) is 32.7. The highest BCUT2D eigenvalue weighted by Crippen LogP contribution is 2.30. The minimum atomic E-state index is -0.545. The molecule has 1 unspecified atom stereocenters. The molecule has 0 spiro atoms. The first-order valence-electron chi connectivity index (χ1n) is 6.27. The third-order valence-corrected chi connectivity index (χ3v) is 2.87. The van der Waals surface area contributed by atoms with Crippen LogP contribution in [-0.2, 0) is 9.59 Å². The fourth-order valence-corrected chi connectivity index (χ4v) is 1.89. The van der Waals surface area contributed by atoms with Gasteiger partial charge in [-0.2, -0.15) is 4.98 Å². The maximum atomic E-state index is 11.7. The van der Waals surface area contributed by atoms with Crippen LogP contribution in [0, 0.1) is 0 Å². The SMILES string of the molecule is CC(C)Oc1ncnc(N2CC(=O)NC(=O)C2C)c1N. The molecule has 1 saturated heterocycles. The maximum absolute atomic E-state index is 11.7. The second-order valence-electron chi connectivity index (χ2n) is 4.80. The zero-order valence-electron chi connectivity index (χ0n) is 11.6. The first kappa shape index (κ1) is 14.0. The summed E-state index contributed by atoms with van der Waals surface area (Å²) < 4.78 is 5.48. The number of nitrogens with zero attached hydrogens (tertiary/aromatic N) is 3. The molecule has 2 amide bonds. The number of carbonyl (C=O) groups is 2. The van der Waals surface area contributed by atoms with Gasteiger partial charge in [0.15, 0.2) is 5.82 Å². The van der Waals surface area contributed by atoms with E-state index >= 15 is 0 Å². The number of amides is 2. The van der Waals surface area contributed by atoms with Crippen LogP contribution < -0.4 is 20.7 Å². The van der Waals surface area contributed by atoms with Gasteiger partial charge in [0.2, 0.25) is 17.7 Å². The molecule has 1 aromatic rings. The third kappa shape index (κ3) is 2.63. The fraction of sp³-hybridized carbons (Fsp3) is 0.500. The van der Waals surface area contributed by atoms with Crippen LogP contribution in [0.15, 0.2) is 6.33 Å². The topological polar surface area (TPSA) is 110 Å². The van der Waals surface area contributed by atoms with Gasteiger partial charge in [-0.25, -0.2) is 4.98 Å². The lowest BCUT2D eigenvalue weighted by molar-refractivity contribution is -0.132. The molecule has 20 heavy (non-hydrogen) atoms.